The van der Waals surface area contributed by atoms with Crippen molar-refractivity contribution in [2.24, 2.45) is 4.99 Å². The van der Waals surface area contributed by atoms with Gasteiger partial charge < -0.3 is 23.6 Å². The Morgan fingerprint density at radius 3 is 2.05 bits per heavy atom. The van der Waals surface area contributed by atoms with E-state index in [1.165, 1.54) is 11.5 Å². The van der Waals surface area contributed by atoms with Crippen molar-refractivity contribution < 1.29 is 23.1 Å². The lowest BCUT2D eigenvalue weighted by atomic mass is 10.1. The molecule has 0 radical (unpaired) electrons. The molecule has 3 rings (SSSR count). The normalized spacial score (nSPS) is 21.8. The number of nitrogens with one attached hydrogen (secondary N) is 1. The van der Waals surface area contributed by atoms with Crippen molar-refractivity contribution in [1.82, 2.24) is 9.55 Å². The maximum absolute atomic E-state index is 13.3. The van der Waals surface area contributed by atoms with Gasteiger partial charge >= 0.3 is 5.69 Å². The highest BCUT2D eigenvalue weighted by Crippen LogP contribution is 2.45. The molecule has 1 amide bonds. The number of hydrogen-bond donors (Lipinski definition) is 1. The zero-order chi connectivity index (χ0) is 32.4. The number of rotatable bonds is 10. The minimum Gasteiger partial charge on any atom is -0.497 e. The summed E-state index contributed by atoms with van der Waals surface area (Å²) in [6, 6.07) is 9.35. The fourth-order valence-corrected chi connectivity index (χ4v) is 6.74. The van der Waals surface area contributed by atoms with Crippen LogP contribution in [0, 0.1) is 0 Å². The van der Waals surface area contributed by atoms with Gasteiger partial charge in [0, 0.05) is 19.3 Å². The number of carbonyl (C=O) groups is 1. The molecule has 43 heavy (non-hydrogen) atoms. The first-order valence-corrected chi connectivity index (χ1v) is 20.6. The number of anilines is 1. The quantitative estimate of drug-likeness (QED) is 0.247. The number of aliphatic imine (C=N–C) groups is 1. The number of ether oxygens (including phenoxy) is 2. The van der Waals surface area contributed by atoms with Crippen molar-refractivity contribution in [3.8, 4) is 5.75 Å². The molecule has 0 bridgehead atoms. The monoisotopic (exact) mass is 630 g/mol. The van der Waals surface area contributed by atoms with Crippen molar-refractivity contribution >= 4 is 34.6 Å². The summed E-state index contributed by atoms with van der Waals surface area (Å²) in [6.07, 6.45) is 0.878. The zero-order valence-electron chi connectivity index (χ0n) is 27.8. The first kappa shape index (κ1) is 34.8. The first-order chi connectivity index (χ1) is 19.8. The highest BCUT2D eigenvalue weighted by molar-refractivity contribution is 6.74. The molecule has 1 saturated heterocycles. The lowest BCUT2D eigenvalue weighted by Crippen LogP contribution is -2.54. The van der Waals surface area contributed by atoms with E-state index in [9.17, 15) is 9.59 Å². The van der Waals surface area contributed by atoms with Gasteiger partial charge in [-0.15, -0.1) is 0 Å². The highest BCUT2D eigenvalue weighted by Gasteiger charge is 2.54. The van der Waals surface area contributed by atoms with Crippen molar-refractivity contribution in [2.75, 3.05) is 12.4 Å². The van der Waals surface area contributed by atoms with Crippen molar-refractivity contribution in [3.63, 3.8) is 0 Å². The molecular weight excluding hydrogens is 581 g/mol. The number of aromatic nitrogens is 2. The molecule has 4 atom stereocenters. The van der Waals surface area contributed by atoms with E-state index in [-0.39, 0.29) is 21.8 Å². The Balaban J connectivity index is 2.08. The Hall–Kier alpha value is -2.65. The minimum absolute atomic E-state index is 0.0736. The van der Waals surface area contributed by atoms with Gasteiger partial charge in [0.25, 0.3) is 0 Å². The van der Waals surface area contributed by atoms with E-state index in [0.717, 1.165) is 11.3 Å². The third-order valence-corrected chi connectivity index (χ3v) is 17.7. The second kappa shape index (κ2) is 13.1. The second-order valence-electron chi connectivity index (χ2n) is 14.2. The summed E-state index contributed by atoms with van der Waals surface area (Å²) >= 11 is 0. The minimum atomic E-state index is -2.37. The molecule has 12 heteroatoms. The number of hydrogen-bond acceptors (Lipinski definition) is 8. The van der Waals surface area contributed by atoms with Crippen LogP contribution >= 0.6 is 0 Å². The predicted molar refractivity (Wildman–Crippen MR) is 176 cm³/mol. The van der Waals surface area contributed by atoms with Crippen LogP contribution in [0.4, 0.5) is 5.82 Å². The molecule has 0 spiro atoms. The topological polar surface area (TPSA) is 113 Å². The maximum atomic E-state index is 13.3. The van der Waals surface area contributed by atoms with Gasteiger partial charge in [0.2, 0.25) is 5.91 Å². The average molecular weight is 631 g/mol. The largest absolute Gasteiger partial charge is 0.497 e. The Bertz CT molecular complexity index is 1350. The Kier molecular flexibility index (Phi) is 10.7. The SMILES string of the molecule is COc1ccc(CN=C[C@H]2O[C@@H](n3ccc(NC(C)=O)nc3=O)[C@H](O[Si](C)(C)C(C)(C)C)[C@@H]2O[Si](C)(C)C(C)(C)C)cc1. The van der Waals surface area contributed by atoms with E-state index in [0.29, 0.717) is 6.54 Å². The number of methoxy groups -OCH3 is 1. The molecule has 2 heterocycles. The fraction of sp³-hybridized carbons (Fsp3) is 0.613. The lowest BCUT2D eigenvalue weighted by Gasteiger charge is -2.44. The number of nitrogens with zero attached hydrogens (tertiary/aromatic N) is 3. The third kappa shape index (κ3) is 8.50. The molecule has 1 aliphatic heterocycles. The molecule has 1 fully saturated rings. The van der Waals surface area contributed by atoms with Crippen LogP contribution < -0.4 is 15.7 Å². The van der Waals surface area contributed by atoms with E-state index in [1.54, 1.807) is 25.6 Å². The van der Waals surface area contributed by atoms with Gasteiger partial charge in [-0.25, -0.2) is 4.79 Å². The van der Waals surface area contributed by atoms with Crippen molar-refractivity contribution in [2.45, 2.75) is 116 Å². The Morgan fingerprint density at radius 1 is 1.00 bits per heavy atom. The molecule has 1 aromatic heterocycles. The van der Waals surface area contributed by atoms with E-state index in [1.807, 2.05) is 24.3 Å². The second-order valence-corrected chi connectivity index (χ2v) is 23.7. The van der Waals surface area contributed by atoms with Crippen LogP contribution in [0.1, 0.15) is 60.3 Å². The lowest BCUT2D eigenvalue weighted by molar-refractivity contribution is -0.114. The van der Waals surface area contributed by atoms with Crippen LogP contribution in [0.5, 0.6) is 5.75 Å². The zero-order valence-corrected chi connectivity index (χ0v) is 29.8. The number of carbonyl (C=O) groups excluding carboxylic acids is 1. The molecule has 1 aliphatic rings. The molecule has 1 aromatic carbocycles. The summed E-state index contributed by atoms with van der Waals surface area (Å²) in [5, 5.41) is 2.40. The van der Waals surface area contributed by atoms with Gasteiger partial charge in [-0.2, -0.15) is 4.98 Å². The molecule has 0 saturated carbocycles. The third-order valence-electron chi connectivity index (χ3n) is 8.79. The van der Waals surface area contributed by atoms with Crippen LogP contribution in [0.15, 0.2) is 46.3 Å². The van der Waals surface area contributed by atoms with Gasteiger partial charge in [-0.1, -0.05) is 53.7 Å². The summed E-state index contributed by atoms with van der Waals surface area (Å²) in [5.41, 5.74) is 0.471. The summed E-state index contributed by atoms with van der Waals surface area (Å²) in [7, 11) is -3.07. The standard InChI is InChI=1S/C31H50N4O6Si2/c1-21(36)33-25-17-18-35(29(37)34-25)28-27(41-43(11,12)31(5,6)7)26(40-42(9,10)30(2,3)4)24(39-28)20-32-19-22-13-15-23(38-8)16-14-22/h13-18,20,24,26-28H,19H2,1-12H3,(H,33,34,36,37)/t24-,26-,27-,28-/m1/s1. The van der Waals surface area contributed by atoms with Gasteiger partial charge in [0.05, 0.1) is 13.7 Å². The molecule has 2 aromatic rings. The van der Waals surface area contributed by atoms with Gasteiger partial charge in [-0.05, 0) is 60.0 Å². The number of amides is 1. The molecule has 10 nitrogen and oxygen atoms in total. The summed E-state index contributed by atoms with van der Waals surface area (Å²) in [5.74, 6) is 0.656. The smallest absolute Gasteiger partial charge is 0.351 e. The van der Waals surface area contributed by atoms with Gasteiger partial charge in [0.15, 0.2) is 22.9 Å². The highest BCUT2D eigenvalue weighted by atomic mass is 28.4. The molecule has 1 N–H and O–H groups in total. The average Bonchev–Trinajstić information content (AvgIpc) is 3.18. The first-order valence-electron chi connectivity index (χ1n) is 14.8. The van der Waals surface area contributed by atoms with E-state index >= 15 is 0 Å². The molecule has 238 valence electrons. The molecule has 0 aliphatic carbocycles. The van der Waals surface area contributed by atoms with Crippen LogP contribution in [-0.2, 0) is 24.9 Å². The molecule has 0 unspecified atom stereocenters. The van der Waals surface area contributed by atoms with Crippen molar-refractivity contribution in [3.05, 3.63) is 52.6 Å². The van der Waals surface area contributed by atoms with Crippen molar-refractivity contribution in [1.29, 1.82) is 0 Å². The summed E-state index contributed by atoms with van der Waals surface area (Å²) < 4.78 is 27.4. The summed E-state index contributed by atoms with van der Waals surface area (Å²) in [4.78, 5) is 33.7. The van der Waals surface area contributed by atoms with Crippen LogP contribution in [-0.4, -0.2) is 63.7 Å². The van der Waals surface area contributed by atoms with Crippen LogP contribution in [0.25, 0.3) is 0 Å². The maximum Gasteiger partial charge on any atom is 0.351 e. The fourth-order valence-electron chi connectivity index (χ4n) is 4.15. The summed E-state index contributed by atoms with van der Waals surface area (Å²) in [6.45, 7) is 23.7. The van der Waals surface area contributed by atoms with E-state index in [4.69, 9.17) is 23.3 Å². The van der Waals surface area contributed by atoms with Gasteiger partial charge in [-0.3, -0.25) is 14.4 Å². The van der Waals surface area contributed by atoms with Gasteiger partial charge in [0.1, 0.15) is 29.9 Å². The van der Waals surface area contributed by atoms with E-state index < -0.39 is 46.9 Å². The Morgan fingerprint density at radius 2 is 1.56 bits per heavy atom. The Labute approximate surface area is 258 Å². The molecular formula is C31H50N4O6Si2. The van der Waals surface area contributed by atoms with E-state index in [2.05, 4.69) is 78.0 Å². The van der Waals surface area contributed by atoms with Crippen LogP contribution in [0.3, 0.4) is 0 Å². The predicted octanol–water partition coefficient (Wildman–Crippen LogP) is 6.16. The van der Waals surface area contributed by atoms with Crippen LogP contribution in [0.2, 0.25) is 36.3 Å². The number of benzene rings is 1.